The van der Waals surface area contributed by atoms with Crippen LogP contribution < -0.4 is 5.73 Å². The molecule has 2 unspecified atom stereocenters. The zero-order valence-electron chi connectivity index (χ0n) is 11.1. The number of hydrogen-bond acceptors (Lipinski definition) is 1. The molecule has 0 radical (unpaired) electrons. The number of rotatable bonds is 2. The van der Waals surface area contributed by atoms with Gasteiger partial charge in [-0.1, -0.05) is 26.0 Å². The van der Waals surface area contributed by atoms with E-state index in [2.05, 4.69) is 46.8 Å². The van der Waals surface area contributed by atoms with Crippen molar-refractivity contribution < 1.29 is 0 Å². The van der Waals surface area contributed by atoms with Crippen LogP contribution in [0.5, 0.6) is 0 Å². The third kappa shape index (κ3) is 1.58. The summed E-state index contributed by atoms with van der Waals surface area (Å²) in [5.41, 5.74) is 12.0. The molecule has 2 N–H and O–H groups in total. The Balaban J connectivity index is 2.40. The van der Waals surface area contributed by atoms with Crippen molar-refractivity contribution in [1.29, 1.82) is 0 Å². The van der Waals surface area contributed by atoms with E-state index in [4.69, 9.17) is 5.73 Å². The lowest BCUT2D eigenvalue weighted by Gasteiger charge is -2.11. The van der Waals surface area contributed by atoms with Gasteiger partial charge in [0.05, 0.1) is 0 Å². The summed E-state index contributed by atoms with van der Waals surface area (Å²) in [6.45, 7) is 12.1. The maximum Gasteiger partial charge on any atom is -0.00375 e. The van der Waals surface area contributed by atoms with Gasteiger partial charge in [0.1, 0.15) is 0 Å². The Morgan fingerprint density at radius 1 is 1.06 bits per heavy atom. The molecule has 0 saturated heterocycles. The van der Waals surface area contributed by atoms with Crippen LogP contribution in [-0.2, 0) is 0 Å². The van der Waals surface area contributed by atoms with Crippen LogP contribution in [-0.4, -0.2) is 6.54 Å². The largest absolute Gasteiger partial charge is 0.330 e. The minimum Gasteiger partial charge on any atom is -0.330 e. The average molecular weight is 217 g/mol. The Kier molecular flexibility index (Phi) is 2.62. The van der Waals surface area contributed by atoms with Gasteiger partial charge in [-0.15, -0.1) is 0 Å². The standard InChI is InChI=1S/C15H23N/c1-9-6-11(3)12(7-10(9)2)14-13(8-16)15(14,4)5/h6-7,13-14H,8,16H2,1-5H3. The monoisotopic (exact) mass is 217 g/mol. The lowest BCUT2D eigenvalue weighted by atomic mass is 9.94. The van der Waals surface area contributed by atoms with Crippen molar-refractivity contribution in [1.82, 2.24) is 0 Å². The Bertz CT molecular complexity index is 418. The third-order valence-corrected chi connectivity index (χ3v) is 4.52. The van der Waals surface area contributed by atoms with Crippen LogP contribution in [0.1, 0.15) is 42.0 Å². The van der Waals surface area contributed by atoms with E-state index in [1.54, 1.807) is 0 Å². The maximum atomic E-state index is 5.86. The summed E-state index contributed by atoms with van der Waals surface area (Å²) in [5.74, 6) is 1.32. The van der Waals surface area contributed by atoms with Crippen LogP contribution in [0.25, 0.3) is 0 Å². The second-order valence-electron chi connectivity index (χ2n) is 5.93. The molecular formula is C15H23N. The van der Waals surface area contributed by atoms with Gasteiger partial charge in [0.2, 0.25) is 0 Å². The molecule has 0 aromatic heterocycles. The number of hydrogen-bond donors (Lipinski definition) is 1. The predicted octanol–water partition coefficient (Wildman–Crippen LogP) is 3.31. The molecule has 0 aliphatic heterocycles. The summed E-state index contributed by atoms with van der Waals surface area (Å²) in [6.07, 6.45) is 0. The van der Waals surface area contributed by atoms with Crippen molar-refractivity contribution in [3.63, 3.8) is 0 Å². The summed E-state index contributed by atoms with van der Waals surface area (Å²) in [6, 6.07) is 4.68. The van der Waals surface area contributed by atoms with Gasteiger partial charge in [-0.25, -0.2) is 0 Å². The first-order valence-corrected chi connectivity index (χ1v) is 6.17. The van der Waals surface area contributed by atoms with Gasteiger partial charge in [0, 0.05) is 0 Å². The van der Waals surface area contributed by atoms with Crippen LogP contribution in [0, 0.1) is 32.1 Å². The van der Waals surface area contributed by atoms with E-state index in [1.165, 1.54) is 22.3 Å². The Morgan fingerprint density at radius 3 is 2.12 bits per heavy atom. The van der Waals surface area contributed by atoms with Crippen LogP contribution >= 0.6 is 0 Å². The molecular weight excluding hydrogens is 194 g/mol. The molecule has 2 rings (SSSR count). The quantitative estimate of drug-likeness (QED) is 0.808. The summed E-state index contributed by atoms with van der Waals surface area (Å²) in [5, 5.41) is 0. The fourth-order valence-corrected chi connectivity index (χ4v) is 3.12. The lowest BCUT2D eigenvalue weighted by molar-refractivity contribution is 0.558. The second-order valence-corrected chi connectivity index (χ2v) is 5.93. The fraction of sp³-hybridized carbons (Fsp3) is 0.600. The van der Waals surface area contributed by atoms with E-state index in [1.807, 2.05) is 0 Å². The van der Waals surface area contributed by atoms with Crippen LogP contribution in [0.3, 0.4) is 0 Å². The molecule has 0 spiro atoms. The lowest BCUT2D eigenvalue weighted by Crippen LogP contribution is -2.05. The minimum absolute atomic E-state index is 0.390. The third-order valence-electron chi connectivity index (χ3n) is 4.52. The van der Waals surface area contributed by atoms with Crippen LogP contribution in [0.4, 0.5) is 0 Å². The summed E-state index contributed by atoms with van der Waals surface area (Å²) >= 11 is 0. The van der Waals surface area contributed by atoms with E-state index < -0.39 is 0 Å². The summed E-state index contributed by atoms with van der Waals surface area (Å²) in [7, 11) is 0. The van der Waals surface area contributed by atoms with Gasteiger partial charge < -0.3 is 5.73 Å². The maximum absolute atomic E-state index is 5.86. The zero-order chi connectivity index (χ0) is 12.1. The van der Waals surface area contributed by atoms with E-state index in [0.717, 1.165) is 6.54 Å². The van der Waals surface area contributed by atoms with Crippen molar-refractivity contribution in [2.24, 2.45) is 17.1 Å². The van der Waals surface area contributed by atoms with Gasteiger partial charge >= 0.3 is 0 Å². The van der Waals surface area contributed by atoms with Gasteiger partial charge in [0.25, 0.3) is 0 Å². The SMILES string of the molecule is Cc1cc(C)c(C2C(CN)C2(C)C)cc1C. The highest BCUT2D eigenvalue weighted by Crippen LogP contribution is 2.64. The Labute approximate surface area is 99.0 Å². The summed E-state index contributed by atoms with van der Waals surface area (Å²) in [4.78, 5) is 0. The molecule has 1 aliphatic rings. The molecule has 0 bridgehead atoms. The highest BCUT2D eigenvalue weighted by atomic mass is 14.7. The molecule has 1 fully saturated rings. The molecule has 0 heterocycles. The van der Waals surface area contributed by atoms with E-state index in [-0.39, 0.29) is 0 Å². The highest BCUT2D eigenvalue weighted by Gasteiger charge is 2.57. The fourth-order valence-electron chi connectivity index (χ4n) is 3.12. The molecule has 1 aliphatic carbocycles. The predicted molar refractivity (Wildman–Crippen MR) is 69.7 cm³/mol. The molecule has 88 valence electrons. The molecule has 16 heavy (non-hydrogen) atoms. The van der Waals surface area contributed by atoms with Gasteiger partial charge in [0.15, 0.2) is 0 Å². The molecule has 1 heteroatoms. The van der Waals surface area contributed by atoms with Gasteiger partial charge in [-0.05, 0) is 66.8 Å². The van der Waals surface area contributed by atoms with Crippen molar-refractivity contribution in [2.75, 3.05) is 6.54 Å². The van der Waals surface area contributed by atoms with Crippen molar-refractivity contribution in [3.8, 4) is 0 Å². The highest BCUT2D eigenvalue weighted by molar-refractivity contribution is 5.43. The van der Waals surface area contributed by atoms with Gasteiger partial charge in [-0.2, -0.15) is 0 Å². The Morgan fingerprint density at radius 2 is 1.62 bits per heavy atom. The summed E-state index contributed by atoms with van der Waals surface area (Å²) < 4.78 is 0. The molecule has 0 amide bonds. The van der Waals surface area contributed by atoms with Crippen molar-refractivity contribution in [3.05, 3.63) is 34.4 Å². The second kappa shape index (κ2) is 3.59. The number of benzene rings is 1. The molecule has 1 nitrogen and oxygen atoms in total. The first-order chi connectivity index (χ1) is 7.39. The van der Waals surface area contributed by atoms with E-state index in [0.29, 0.717) is 17.3 Å². The minimum atomic E-state index is 0.390. The number of aryl methyl sites for hydroxylation is 3. The molecule has 1 saturated carbocycles. The smallest absolute Gasteiger partial charge is 0.00375 e. The normalized spacial score (nSPS) is 26.9. The topological polar surface area (TPSA) is 26.0 Å². The zero-order valence-corrected chi connectivity index (χ0v) is 11.1. The molecule has 1 aromatic carbocycles. The first kappa shape index (κ1) is 11.7. The Hall–Kier alpha value is -0.820. The van der Waals surface area contributed by atoms with Crippen LogP contribution in [0.15, 0.2) is 12.1 Å². The van der Waals surface area contributed by atoms with Crippen molar-refractivity contribution >= 4 is 0 Å². The number of nitrogens with two attached hydrogens (primary N) is 1. The van der Waals surface area contributed by atoms with Gasteiger partial charge in [-0.3, -0.25) is 0 Å². The van der Waals surface area contributed by atoms with E-state index >= 15 is 0 Å². The van der Waals surface area contributed by atoms with Crippen LogP contribution in [0.2, 0.25) is 0 Å². The van der Waals surface area contributed by atoms with Crippen molar-refractivity contribution in [2.45, 2.75) is 40.5 Å². The molecule has 2 atom stereocenters. The van der Waals surface area contributed by atoms with E-state index in [9.17, 15) is 0 Å². The first-order valence-electron chi connectivity index (χ1n) is 6.17. The average Bonchev–Trinajstić information content (AvgIpc) is 2.74. The molecule has 1 aromatic rings.